The molecule has 0 aliphatic carbocycles. The molecule has 0 spiro atoms. The lowest BCUT2D eigenvalue weighted by Gasteiger charge is -2.22. The van der Waals surface area contributed by atoms with E-state index in [-0.39, 0.29) is 11.7 Å². The average molecular weight is 372 g/mol. The minimum Gasteiger partial charge on any atom is -0.454 e. The van der Waals surface area contributed by atoms with Crippen LogP contribution < -0.4 is 18.7 Å². The largest absolute Gasteiger partial charge is 0.454 e. The molecular formula is C19H20N2O4S. The maximum atomic E-state index is 13.2. The van der Waals surface area contributed by atoms with Crippen LogP contribution in [0.2, 0.25) is 0 Å². The Morgan fingerprint density at radius 1 is 0.885 bits per heavy atom. The Kier molecular flexibility index (Phi) is 3.53. The molecule has 0 saturated carbocycles. The molecule has 3 aliphatic heterocycles. The van der Waals surface area contributed by atoms with Crippen molar-refractivity contribution in [2.45, 2.75) is 24.2 Å². The summed E-state index contributed by atoms with van der Waals surface area (Å²) >= 11 is 0. The molecule has 136 valence electrons. The van der Waals surface area contributed by atoms with Crippen LogP contribution >= 0.6 is 0 Å². The third-order valence-electron chi connectivity index (χ3n) is 5.32. The Hall–Kier alpha value is -2.41. The lowest BCUT2D eigenvalue weighted by Crippen LogP contribution is -2.29. The number of sulfonamides is 1. The highest BCUT2D eigenvalue weighted by atomic mass is 32.2. The molecule has 0 aromatic heterocycles. The summed E-state index contributed by atoms with van der Waals surface area (Å²) in [6, 6.07) is 10.9. The molecule has 3 aliphatic rings. The van der Waals surface area contributed by atoms with Gasteiger partial charge in [-0.25, -0.2) is 8.42 Å². The summed E-state index contributed by atoms with van der Waals surface area (Å²) in [7, 11) is -3.62. The zero-order valence-electron chi connectivity index (χ0n) is 14.3. The molecule has 0 N–H and O–H groups in total. The van der Waals surface area contributed by atoms with Gasteiger partial charge in [0.2, 0.25) is 6.79 Å². The third-order valence-corrected chi connectivity index (χ3v) is 7.13. The molecule has 7 heteroatoms. The lowest BCUT2D eigenvalue weighted by atomic mass is 10.1. The van der Waals surface area contributed by atoms with Gasteiger partial charge in [-0.3, -0.25) is 4.31 Å². The van der Waals surface area contributed by atoms with Crippen LogP contribution in [0, 0.1) is 0 Å². The Morgan fingerprint density at radius 2 is 1.69 bits per heavy atom. The fraction of sp³-hybridized carbons (Fsp3) is 0.368. The number of hydrogen-bond acceptors (Lipinski definition) is 5. The molecule has 1 fully saturated rings. The molecule has 3 heterocycles. The van der Waals surface area contributed by atoms with Gasteiger partial charge in [0.05, 0.1) is 10.6 Å². The van der Waals surface area contributed by atoms with Gasteiger partial charge in [0.15, 0.2) is 11.5 Å². The van der Waals surface area contributed by atoms with E-state index in [0.29, 0.717) is 18.0 Å². The number of anilines is 2. The van der Waals surface area contributed by atoms with Gasteiger partial charge >= 0.3 is 0 Å². The van der Waals surface area contributed by atoms with Crippen LogP contribution in [-0.4, -0.2) is 34.8 Å². The lowest BCUT2D eigenvalue weighted by molar-refractivity contribution is 0.174. The summed E-state index contributed by atoms with van der Waals surface area (Å²) in [5, 5.41) is 0. The van der Waals surface area contributed by atoms with E-state index in [1.165, 1.54) is 22.8 Å². The number of nitrogens with zero attached hydrogens (tertiary/aromatic N) is 2. The number of hydrogen-bond donors (Lipinski definition) is 0. The van der Waals surface area contributed by atoms with E-state index in [4.69, 9.17) is 9.47 Å². The van der Waals surface area contributed by atoms with Gasteiger partial charge in [0.1, 0.15) is 0 Å². The second kappa shape index (κ2) is 5.81. The number of fused-ring (bicyclic) bond motifs is 2. The fourth-order valence-corrected chi connectivity index (χ4v) is 5.46. The van der Waals surface area contributed by atoms with E-state index in [0.717, 1.165) is 30.8 Å². The minimum atomic E-state index is -3.62. The van der Waals surface area contributed by atoms with Crippen molar-refractivity contribution >= 4 is 21.4 Å². The second-order valence-corrected chi connectivity index (χ2v) is 8.71. The van der Waals surface area contributed by atoms with Crippen LogP contribution in [0.4, 0.5) is 11.4 Å². The second-order valence-electron chi connectivity index (χ2n) is 6.85. The zero-order valence-corrected chi connectivity index (χ0v) is 15.2. The van der Waals surface area contributed by atoms with E-state index in [2.05, 4.69) is 11.0 Å². The predicted octanol–water partition coefficient (Wildman–Crippen LogP) is 2.77. The number of rotatable bonds is 3. The first kappa shape index (κ1) is 15.8. The first-order valence-corrected chi connectivity index (χ1v) is 10.4. The molecule has 0 amide bonds. The molecule has 1 saturated heterocycles. The molecule has 0 unspecified atom stereocenters. The Morgan fingerprint density at radius 3 is 2.54 bits per heavy atom. The molecule has 6 nitrogen and oxygen atoms in total. The predicted molar refractivity (Wildman–Crippen MR) is 98.7 cm³/mol. The maximum Gasteiger partial charge on any atom is 0.264 e. The standard InChI is InChI=1S/C19H20N2O4S/c22-26(23,16-4-6-18-19(12-16)25-13-24-18)21-10-7-14-11-15(3-5-17(14)21)20-8-1-2-9-20/h3-6,11-12H,1-2,7-10,13H2. The monoisotopic (exact) mass is 372 g/mol. The third kappa shape index (κ3) is 2.41. The van der Waals surface area contributed by atoms with Crippen molar-refractivity contribution in [3.05, 3.63) is 42.0 Å². The Labute approximate surface area is 153 Å². The van der Waals surface area contributed by atoms with Gasteiger partial charge in [-0.05, 0) is 55.2 Å². The molecular weight excluding hydrogens is 352 g/mol. The summed E-state index contributed by atoms with van der Waals surface area (Å²) in [5.41, 5.74) is 3.08. The summed E-state index contributed by atoms with van der Waals surface area (Å²) in [6.45, 7) is 2.76. The van der Waals surface area contributed by atoms with Gasteiger partial charge in [-0.1, -0.05) is 0 Å². The summed E-state index contributed by atoms with van der Waals surface area (Å²) in [5.74, 6) is 1.07. The number of benzene rings is 2. The highest BCUT2D eigenvalue weighted by Gasteiger charge is 2.32. The van der Waals surface area contributed by atoms with Gasteiger partial charge in [-0.2, -0.15) is 0 Å². The van der Waals surface area contributed by atoms with E-state index >= 15 is 0 Å². The van der Waals surface area contributed by atoms with Crippen LogP contribution in [0.5, 0.6) is 11.5 Å². The van der Waals surface area contributed by atoms with Crippen molar-refractivity contribution in [2.24, 2.45) is 0 Å². The molecule has 26 heavy (non-hydrogen) atoms. The van der Waals surface area contributed by atoms with Gasteiger partial charge in [-0.15, -0.1) is 0 Å². The summed E-state index contributed by atoms with van der Waals surface area (Å²) in [4.78, 5) is 2.60. The van der Waals surface area contributed by atoms with Crippen molar-refractivity contribution in [1.82, 2.24) is 0 Å². The van der Waals surface area contributed by atoms with Crippen molar-refractivity contribution in [1.29, 1.82) is 0 Å². The SMILES string of the molecule is O=S(=O)(c1ccc2c(c1)OCO2)N1CCc2cc(N3CCCC3)ccc21. The van der Waals surface area contributed by atoms with Crippen LogP contribution in [0.25, 0.3) is 0 Å². The topological polar surface area (TPSA) is 59.1 Å². The molecule has 5 rings (SSSR count). The van der Waals surface area contributed by atoms with Gasteiger partial charge in [0.25, 0.3) is 10.0 Å². The van der Waals surface area contributed by atoms with E-state index in [9.17, 15) is 8.42 Å². The molecule has 0 bridgehead atoms. The molecule has 0 atom stereocenters. The molecule has 2 aromatic carbocycles. The Balaban J connectivity index is 1.48. The minimum absolute atomic E-state index is 0.130. The zero-order chi connectivity index (χ0) is 17.7. The number of ether oxygens (including phenoxy) is 2. The first-order chi connectivity index (χ1) is 12.6. The normalized spacial score (nSPS) is 18.5. The Bertz CT molecular complexity index is 967. The quantitative estimate of drug-likeness (QED) is 0.829. The van der Waals surface area contributed by atoms with E-state index in [1.807, 2.05) is 12.1 Å². The van der Waals surface area contributed by atoms with E-state index < -0.39 is 10.0 Å². The van der Waals surface area contributed by atoms with Crippen LogP contribution in [0.3, 0.4) is 0 Å². The van der Waals surface area contributed by atoms with Crippen molar-refractivity contribution in [2.75, 3.05) is 35.6 Å². The van der Waals surface area contributed by atoms with E-state index in [1.54, 1.807) is 18.2 Å². The summed E-state index contributed by atoms with van der Waals surface area (Å²) < 4.78 is 38.4. The molecule has 0 radical (unpaired) electrons. The smallest absolute Gasteiger partial charge is 0.264 e. The fourth-order valence-electron chi connectivity index (χ4n) is 3.94. The maximum absolute atomic E-state index is 13.2. The van der Waals surface area contributed by atoms with Crippen molar-refractivity contribution in [3.8, 4) is 11.5 Å². The van der Waals surface area contributed by atoms with Crippen LogP contribution in [0.15, 0.2) is 41.3 Å². The highest BCUT2D eigenvalue weighted by molar-refractivity contribution is 7.92. The van der Waals surface area contributed by atoms with Crippen LogP contribution in [0.1, 0.15) is 18.4 Å². The van der Waals surface area contributed by atoms with Crippen molar-refractivity contribution < 1.29 is 17.9 Å². The molecule has 2 aromatic rings. The first-order valence-electron chi connectivity index (χ1n) is 8.93. The van der Waals surface area contributed by atoms with Crippen LogP contribution in [-0.2, 0) is 16.4 Å². The van der Waals surface area contributed by atoms with Gasteiger partial charge in [0, 0.05) is 31.4 Å². The van der Waals surface area contributed by atoms with Crippen molar-refractivity contribution in [3.63, 3.8) is 0 Å². The average Bonchev–Trinajstić information content (AvgIpc) is 3.39. The van der Waals surface area contributed by atoms with Gasteiger partial charge < -0.3 is 14.4 Å². The summed E-state index contributed by atoms with van der Waals surface area (Å²) in [6.07, 6.45) is 3.18. The highest BCUT2D eigenvalue weighted by Crippen LogP contribution is 2.39.